The summed E-state index contributed by atoms with van der Waals surface area (Å²) in [5.74, 6) is -0.780. The Kier molecular flexibility index (Phi) is 3.26. The summed E-state index contributed by atoms with van der Waals surface area (Å²) in [4.78, 5) is 10.2. The minimum absolute atomic E-state index is 0.155. The molecule has 1 saturated carbocycles. The molecule has 0 aliphatic heterocycles. The lowest BCUT2D eigenvalue weighted by atomic mass is 10.0. The van der Waals surface area contributed by atoms with E-state index in [1.54, 1.807) is 0 Å². The maximum atomic E-state index is 10.2. The third-order valence-electron chi connectivity index (χ3n) is 2.43. The van der Waals surface area contributed by atoms with Crippen molar-refractivity contribution in [3.63, 3.8) is 0 Å². The van der Waals surface area contributed by atoms with Gasteiger partial charge in [-0.2, -0.15) is 5.26 Å². The Balaban J connectivity index is 2.06. The Morgan fingerprint density at radius 2 is 2.31 bits per heavy atom. The van der Waals surface area contributed by atoms with Crippen LogP contribution in [0.5, 0.6) is 0 Å². The van der Waals surface area contributed by atoms with E-state index in [4.69, 9.17) is 10.4 Å². The maximum absolute atomic E-state index is 10.2. The summed E-state index contributed by atoms with van der Waals surface area (Å²) in [6.07, 6.45) is 2.94. The van der Waals surface area contributed by atoms with Gasteiger partial charge in [-0.25, -0.2) is 0 Å². The molecule has 4 nitrogen and oxygen atoms in total. The summed E-state index contributed by atoms with van der Waals surface area (Å²) in [5.41, 5.74) is 0.174. The van der Waals surface area contributed by atoms with Gasteiger partial charge in [-0.1, -0.05) is 0 Å². The molecule has 0 amide bonds. The highest BCUT2D eigenvalue weighted by atomic mass is 16.4. The molecule has 0 saturated heterocycles. The molecule has 0 spiro atoms. The second kappa shape index (κ2) is 4.24. The first-order chi connectivity index (χ1) is 6.18. The molecule has 13 heavy (non-hydrogen) atoms. The summed E-state index contributed by atoms with van der Waals surface area (Å²) in [6.45, 7) is 1.29. The van der Waals surface area contributed by atoms with Crippen LogP contribution < -0.4 is 5.32 Å². The van der Waals surface area contributed by atoms with E-state index in [1.165, 1.54) is 0 Å². The van der Waals surface area contributed by atoms with Crippen LogP contribution in [-0.2, 0) is 4.79 Å². The van der Waals surface area contributed by atoms with Gasteiger partial charge in [0.1, 0.15) is 0 Å². The lowest BCUT2D eigenvalue weighted by molar-refractivity contribution is -0.136. The highest BCUT2D eigenvalue weighted by Crippen LogP contribution is 2.47. The normalized spacial score (nSPS) is 17.8. The van der Waals surface area contributed by atoms with Gasteiger partial charge in [0.05, 0.1) is 12.5 Å². The number of nitrogens with one attached hydrogen (secondary N) is 1. The van der Waals surface area contributed by atoms with Crippen molar-refractivity contribution < 1.29 is 9.90 Å². The van der Waals surface area contributed by atoms with Crippen molar-refractivity contribution in [1.29, 1.82) is 5.26 Å². The number of nitriles is 1. The van der Waals surface area contributed by atoms with Gasteiger partial charge < -0.3 is 10.4 Å². The van der Waals surface area contributed by atoms with Crippen LogP contribution in [-0.4, -0.2) is 24.2 Å². The van der Waals surface area contributed by atoms with Gasteiger partial charge in [-0.15, -0.1) is 0 Å². The zero-order valence-corrected chi connectivity index (χ0v) is 7.55. The van der Waals surface area contributed by atoms with Crippen LogP contribution in [0.3, 0.4) is 0 Å². The molecule has 1 aliphatic rings. The highest BCUT2D eigenvalue weighted by molar-refractivity contribution is 5.66. The molecule has 0 bridgehead atoms. The summed E-state index contributed by atoms with van der Waals surface area (Å²) in [7, 11) is 0. The molecule has 1 fully saturated rings. The van der Waals surface area contributed by atoms with Gasteiger partial charge in [-0.3, -0.25) is 4.79 Å². The summed E-state index contributed by atoms with van der Waals surface area (Å²) < 4.78 is 0. The Morgan fingerprint density at radius 3 is 2.77 bits per heavy atom. The Morgan fingerprint density at radius 1 is 1.62 bits per heavy atom. The van der Waals surface area contributed by atoms with Crippen LogP contribution in [0.2, 0.25) is 0 Å². The fourth-order valence-electron chi connectivity index (χ4n) is 1.31. The first-order valence-electron chi connectivity index (χ1n) is 4.48. The first kappa shape index (κ1) is 10.0. The molecule has 0 unspecified atom stereocenters. The number of hydrogen-bond acceptors (Lipinski definition) is 3. The maximum Gasteiger partial charge on any atom is 0.304 e. The van der Waals surface area contributed by atoms with E-state index < -0.39 is 5.97 Å². The minimum Gasteiger partial charge on any atom is -0.481 e. The quantitative estimate of drug-likeness (QED) is 0.594. The van der Waals surface area contributed by atoms with Crippen molar-refractivity contribution in [2.45, 2.75) is 25.7 Å². The van der Waals surface area contributed by atoms with Crippen molar-refractivity contribution in [2.75, 3.05) is 13.1 Å². The molecule has 1 rings (SSSR count). The van der Waals surface area contributed by atoms with E-state index in [-0.39, 0.29) is 11.8 Å². The predicted octanol–water partition coefficient (Wildman–Crippen LogP) is 0.745. The molecule has 0 aromatic heterocycles. The van der Waals surface area contributed by atoms with Crippen molar-refractivity contribution in [1.82, 2.24) is 5.32 Å². The topological polar surface area (TPSA) is 73.1 Å². The van der Waals surface area contributed by atoms with Gasteiger partial charge in [0.15, 0.2) is 0 Å². The fourth-order valence-corrected chi connectivity index (χ4v) is 1.31. The average Bonchev–Trinajstić information content (AvgIpc) is 2.80. The summed E-state index contributed by atoms with van der Waals surface area (Å²) in [5, 5.41) is 20.0. The zero-order valence-electron chi connectivity index (χ0n) is 7.55. The standard InChI is InChI=1S/C9H14N2O2/c10-5-4-9(2-3-9)7-11-6-1-8(12)13/h11H,1-4,6-7H2,(H,12,13). The van der Waals surface area contributed by atoms with E-state index in [0.717, 1.165) is 19.4 Å². The Bertz CT molecular complexity index is 228. The van der Waals surface area contributed by atoms with Crippen LogP contribution in [0.4, 0.5) is 0 Å². The van der Waals surface area contributed by atoms with Gasteiger partial charge in [-0.05, 0) is 18.3 Å². The SMILES string of the molecule is N#CCC1(CNCCC(=O)O)CC1. The molecule has 0 radical (unpaired) electrons. The molecular weight excluding hydrogens is 168 g/mol. The van der Waals surface area contributed by atoms with Crippen molar-refractivity contribution in [3.8, 4) is 6.07 Å². The lowest BCUT2D eigenvalue weighted by Crippen LogP contribution is -2.26. The Hall–Kier alpha value is -1.08. The summed E-state index contributed by atoms with van der Waals surface area (Å²) >= 11 is 0. The van der Waals surface area contributed by atoms with E-state index >= 15 is 0 Å². The third kappa shape index (κ3) is 3.43. The number of carboxylic acid groups (broad SMARTS) is 1. The van der Waals surface area contributed by atoms with E-state index in [1.807, 2.05) is 0 Å². The third-order valence-corrected chi connectivity index (χ3v) is 2.43. The fraction of sp³-hybridized carbons (Fsp3) is 0.778. The van der Waals surface area contributed by atoms with Crippen molar-refractivity contribution in [2.24, 2.45) is 5.41 Å². The van der Waals surface area contributed by atoms with Crippen LogP contribution in [0.25, 0.3) is 0 Å². The van der Waals surface area contributed by atoms with Gasteiger partial charge >= 0.3 is 5.97 Å². The smallest absolute Gasteiger partial charge is 0.304 e. The average molecular weight is 182 g/mol. The molecule has 4 heteroatoms. The van der Waals surface area contributed by atoms with Crippen molar-refractivity contribution >= 4 is 5.97 Å². The largest absolute Gasteiger partial charge is 0.481 e. The molecule has 2 N–H and O–H groups in total. The second-order valence-electron chi connectivity index (χ2n) is 3.66. The lowest BCUT2D eigenvalue weighted by Gasteiger charge is -2.10. The van der Waals surface area contributed by atoms with Crippen LogP contribution in [0, 0.1) is 16.7 Å². The molecule has 0 heterocycles. The monoisotopic (exact) mass is 182 g/mol. The molecule has 0 aromatic carbocycles. The number of carbonyl (C=O) groups is 1. The van der Waals surface area contributed by atoms with Crippen LogP contribution in [0.15, 0.2) is 0 Å². The second-order valence-corrected chi connectivity index (χ2v) is 3.66. The number of aliphatic carboxylic acids is 1. The van der Waals surface area contributed by atoms with E-state index in [0.29, 0.717) is 13.0 Å². The zero-order chi connectivity index (χ0) is 9.73. The molecule has 0 aromatic rings. The molecule has 0 atom stereocenters. The Labute approximate surface area is 77.6 Å². The molecule has 1 aliphatic carbocycles. The van der Waals surface area contributed by atoms with Gasteiger partial charge in [0, 0.05) is 19.5 Å². The number of carboxylic acids is 1. The first-order valence-corrected chi connectivity index (χ1v) is 4.48. The van der Waals surface area contributed by atoms with Crippen molar-refractivity contribution in [3.05, 3.63) is 0 Å². The summed E-state index contributed by atoms with van der Waals surface area (Å²) in [6, 6.07) is 2.16. The molecular formula is C9H14N2O2. The van der Waals surface area contributed by atoms with E-state index in [9.17, 15) is 4.79 Å². The van der Waals surface area contributed by atoms with Crippen LogP contribution in [0.1, 0.15) is 25.7 Å². The number of hydrogen-bond donors (Lipinski definition) is 2. The van der Waals surface area contributed by atoms with Gasteiger partial charge in [0.2, 0.25) is 0 Å². The number of nitrogens with zero attached hydrogens (tertiary/aromatic N) is 1. The minimum atomic E-state index is -0.780. The predicted molar refractivity (Wildman–Crippen MR) is 47.0 cm³/mol. The van der Waals surface area contributed by atoms with E-state index in [2.05, 4.69) is 11.4 Å². The highest BCUT2D eigenvalue weighted by Gasteiger charge is 2.41. The molecule has 72 valence electrons. The van der Waals surface area contributed by atoms with Gasteiger partial charge in [0.25, 0.3) is 0 Å². The van der Waals surface area contributed by atoms with Crippen LogP contribution >= 0.6 is 0 Å². The number of rotatable bonds is 6.